The third-order valence-corrected chi connectivity index (χ3v) is 4.73. The van der Waals surface area contributed by atoms with Gasteiger partial charge in [0.2, 0.25) is 11.6 Å². The molecule has 0 aliphatic carbocycles. The molecule has 4 aromatic rings. The van der Waals surface area contributed by atoms with Crippen molar-refractivity contribution in [2.24, 2.45) is 10.2 Å². The lowest BCUT2D eigenvalue weighted by atomic mass is 10.2. The van der Waals surface area contributed by atoms with Crippen molar-refractivity contribution in [2.45, 2.75) is 0 Å². The Balaban J connectivity index is 1.56. The Bertz CT molecular complexity index is 1300. The lowest BCUT2D eigenvalue weighted by Crippen LogP contribution is -2.05. The summed E-state index contributed by atoms with van der Waals surface area (Å²) in [6.07, 6.45) is 1.21. The molecule has 11 heteroatoms. The largest absolute Gasteiger partial charge is 0.353 e. The second kappa shape index (κ2) is 10.0. The van der Waals surface area contributed by atoms with Gasteiger partial charge in [-0.05, 0) is 54.6 Å². The van der Waals surface area contributed by atoms with Crippen LogP contribution in [0.25, 0.3) is 0 Å². The molecule has 0 saturated carbocycles. The van der Waals surface area contributed by atoms with Gasteiger partial charge in [-0.3, -0.25) is 10.1 Å². The van der Waals surface area contributed by atoms with Gasteiger partial charge < -0.3 is 10.6 Å². The maximum absolute atomic E-state index is 11.8. The van der Waals surface area contributed by atoms with E-state index in [4.69, 9.17) is 23.2 Å². The molecule has 164 valence electrons. The summed E-state index contributed by atoms with van der Waals surface area (Å²) >= 11 is 12.0. The number of aromatic nitrogens is 2. The molecule has 0 aliphatic rings. The fraction of sp³-hybridized carbons (Fsp3) is 0. The molecule has 33 heavy (non-hydrogen) atoms. The molecule has 1 heterocycles. The van der Waals surface area contributed by atoms with E-state index in [2.05, 4.69) is 30.8 Å². The first-order chi connectivity index (χ1) is 16.0. The standard InChI is InChI=1S/C22H15Cl2N7O2/c23-14-10-15(24)12-19(11-14)28-22-20(31(32)33)21(25-13-26-22)27-16-6-8-18(9-7-16)30-29-17-4-2-1-3-5-17/h1-13H,(H2,25,26,27,28). The number of azo groups is 1. The molecule has 3 aromatic carbocycles. The van der Waals surface area contributed by atoms with E-state index in [0.29, 0.717) is 27.1 Å². The average Bonchev–Trinajstić information content (AvgIpc) is 2.78. The number of halogens is 2. The second-order valence-electron chi connectivity index (χ2n) is 6.67. The van der Waals surface area contributed by atoms with Gasteiger partial charge >= 0.3 is 5.69 Å². The normalized spacial score (nSPS) is 10.8. The summed E-state index contributed by atoms with van der Waals surface area (Å²) in [4.78, 5) is 19.3. The quantitative estimate of drug-likeness (QED) is 0.160. The van der Waals surface area contributed by atoms with Crippen LogP contribution in [-0.2, 0) is 0 Å². The highest BCUT2D eigenvalue weighted by atomic mass is 35.5. The zero-order chi connectivity index (χ0) is 23.2. The van der Waals surface area contributed by atoms with Gasteiger partial charge in [0.15, 0.2) is 0 Å². The number of benzene rings is 3. The average molecular weight is 480 g/mol. The molecular weight excluding hydrogens is 465 g/mol. The lowest BCUT2D eigenvalue weighted by Gasteiger charge is -2.10. The predicted molar refractivity (Wildman–Crippen MR) is 129 cm³/mol. The number of anilines is 4. The van der Waals surface area contributed by atoms with E-state index < -0.39 is 4.92 Å². The van der Waals surface area contributed by atoms with Crippen LogP contribution >= 0.6 is 23.2 Å². The van der Waals surface area contributed by atoms with Crippen LogP contribution in [-0.4, -0.2) is 14.9 Å². The molecule has 0 bridgehead atoms. The zero-order valence-electron chi connectivity index (χ0n) is 16.8. The molecule has 0 spiro atoms. The van der Waals surface area contributed by atoms with Crippen molar-refractivity contribution in [1.82, 2.24) is 9.97 Å². The minimum Gasteiger partial charge on any atom is -0.334 e. The van der Waals surface area contributed by atoms with Crippen LogP contribution in [0, 0.1) is 10.1 Å². The number of rotatable bonds is 7. The fourth-order valence-corrected chi connectivity index (χ4v) is 3.38. The molecule has 0 atom stereocenters. The topological polar surface area (TPSA) is 118 Å². The van der Waals surface area contributed by atoms with E-state index in [9.17, 15) is 10.1 Å². The first-order valence-corrected chi connectivity index (χ1v) is 10.3. The first kappa shape index (κ1) is 22.1. The van der Waals surface area contributed by atoms with Gasteiger partial charge in [0.25, 0.3) is 0 Å². The molecule has 0 fully saturated rings. The van der Waals surface area contributed by atoms with E-state index in [0.717, 1.165) is 5.69 Å². The molecule has 4 rings (SSSR count). The van der Waals surface area contributed by atoms with Crippen molar-refractivity contribution in [3.05, 3.63) is 99.3 Å². The van der Waals surface area contributed by atoms with Gasteiger partial charge in [0.1, 0.15) is 6.33 Å². The minimum atomic E-state index is -0.570. The first-order valence-electron chi connectivity index (χ1n) is 9.54. The summed E-state index contributed by atoms with van der Waals surface area (Å²) < 4.78 is 0. The van der Waals surface area contributed by atoms with Gasteiger partial charge in [0.05, 0.1) is 16.3 Å². The molecule has 0 unspecified atom stereocenters. The Hall–Kier alpha value is -4.08. The van der Waals surface area contributed by atoms with Crippen LogP contribution in [0.1, 0.15) is 0 Å². The van der Waals surface area contributed by atoms with E-state index in [1.165, 1.54) is 6.33 Å². The monoisotopic (exact) mass is 479 g/mol. The molecule has 0 saturated heterocycles. The molecule has 0 aliphatic heterocycles. The summed E-state index contributed by atoms with van der Waals surface area (Å²) in [5.74, 6) is 0.00778. The van der Waals surface area contributed by atoms with Crippen molar-refractivity contribution >= 4 is 63.3 Å². The van der Waals surface area contributed by atoms with Crippen molar-refractivity contribution in [3.8, 4) is 0 Å². The minimum absolute atomic E-state index is 0.0101. The second-order valence-corrected chi connectivity index (χ2v) is 7.54. The van der Waals surface area contributed by atoms with Crippen LogP contribution in [0.5, 0.6) is 0 Å². The molecule has 2 N–H and O–H groups in total. The highest BCUT2D eigenvalue weighted by Gasteiger charge is 2.23. The van der Waals surface area contributed by atoms with Crippen LogP contribution < -0.4 is 10.6 Å². The van der Waals surface area contributed by atoms with Crippen LogP contribution in [0.15, 0.2) is 89.4 Å². The Morgan fingerprint density at radius 3 is 1.88 bits per heavy atom. The zero-order valence-corrected chi connectivity index (χ0v) is 18.3. The van der Waals surface area contributed by atoms with Gasteiger partial charge in [-0.25, -0.2) is 9.97 Å². The van der Waals surface area contributed by atoms with E-state index in [-0.39, 0.29) is 17.3 Å². The highest BCUT2D eigenvalue weighted by Crippen LogP contribution is 2.34. The summed E-state index contributed by atoms with van der Waals surface area (Å²) in [5, 5.41) is 26.7. The van der Waals surface area contributed by atoms with E-state index in [1.54, 1.807) is 42.5 Å². The summed E-state index contributed by atoms with van der Waals surface area (Å²) in [5.41, 5.74) is 2.06. The van der Waals surface area contributed by atoms with Crippen molar-refractivity contribution < 1.29 is 4.92 Å². The van der Waals surface area contributed by atoms with Crippen molar-refractivity contribution in [2.75, 3.05) is 10.6 Å². The van der Waals surface area contributed by atoms with Gasteiger partial charge in [-0.2, -0.15) is 10.2 Å². The Labute approximate surface area is 198 Å². The Morgan fingerprint density at radius 1 is 0.758 bits per heavy atom. The third kappa shape index (κ3) is 5.79. The number of nitro groups is 1. The maximum atomic E-state index is 11.8. The number of hydrogen-bond acceptors (Lipinski definition) is 8. The van der Waals surface area contributed by atoms with E-state index >= 15 is 0 Å². The van der Waals surface area contributed by atoms with Crippen molar-refractivity contribution in [1.29, 1.82) is 0 Å². The van der Waals surface area contributed by atoms with Crippen LogP contribution in [0.2, 0.25) is 10.0 Å². The molecule has 0 radical (unpaired) electrons. The van der Waals surface area contributed by atoms with E-state index in [1.807, 2.05) is 30.3 Å². The van der Waals surface area contributed by atoms with Crippen LogP contribution in [0.3, 0.4) is 0 Å². The molecule has 1 aromatic heterocycles. The third-order valence-electron chi connectivity index (χ3n) is 4.30. The Kier molecular flexibility index (Phi) is 6.72. The van der Waals surface area contributed by atoms with Crippen LogP contribution in [0.4, 0.5) is 40.1 Å². The maximum Gasteiger partial charge on any atom is 0.353 e. The predicted octanol–water partition coefficient (Wildman–Crippen LogP) is 7.59. The lowest BCUT2D eigenvalue weighted by molar-refractivity contribution is -0.383. The Morgan fingerprint density at radius 2 is 1.30 bits per heavy atom. The molecular formula is C22H15Cl2N7O2. The number of nitrogens with one attached hydrogen (secondary N) is 2. The summed E-state index contributed by atoms with van der Waals surface area (Å²) in [6.45, 7) is 0. The fourth-order valence-electron chi connectivity index (χ4n) is 2.86. The summed E-state index contributed by atoms with van der Waals surface area (Å²) in [6, 6.07) is 20.9. The summed E-state index contributed by atoms with van der Waals surface area (Å²) in [7, 11) is 0. The molecule has 0 amide bonds. The smallest absolute Gasteiger partial charge is 0.334 e. The number of hydrogen-bond donors (Lipinski definition) is 2. The van der Waals surface area contributed by atoms with Crippen molar-refractivity contribution in [3.63, 3.8) is 0 Å². The molecule has 9 nitrogen and oxygen atoms in total. The highest BCUT2D eigenvalue weighted by molar-refractivity contribution is 6.35. The number of nitrogens with zero attached hydrogens (tertiary/aromatic N) is 5. The van der Waals surface area contributed by atoms with Gasteiger partial charge in [-0.1, -0.05) is 41.4 Å². The van der Waals surface area contributed by atoms with Gasteiger partial charge in [0, 0.05) is 21.4 Å². The van der Waals surface area contributed by atoms with Gasteiger partial charge in [-0.15, -0.1) is 0 Å². The SMILES string of the molecule is O=[N+]([O-])c1c(Nc2ccc(N=Nc3ccccc3)cc2)ncnc1Nc1cc(Cl)cc(Cl)c1.